The van der Waals surface area contributed by atoms with E-state index in [1.165, 1.54) is 144 Å². The maximum absolute atomic E-state index is 2.60. The summed E-state index contributed by atoms with van der Waals surface area (Å²) in [4.78, 5) is 0. The zero-order valence-electron chi connectivity index (χ0n) is 42.0. The summed E-state index contributed by atoms with van der Waals surface area (Å²) in [5.41, 5.74) is 26.9. The Morgan fingerprint density at radius 3 is 0.824 bits per heavy atom. The molecule has 74 heavy (non-hydrogen) atoms. The summed E-state index contributed by atoms with van der Waals surface area (Å²) < 4.78 is 5.20. The molecule has 11 aromatic carbocycles. The van der Waals surface area contributed by atoms with Crippen molar-refractivity contribution >= 4 is 43.6 Å². The number of hydrogen-bond acceptors (Lipinski definition) is 0. The van der Waals surface area contributed by atoms with Gasteiger partial charge in [-0.1, -0.05) is 185 Å². The topological polar surface area (TPSA) is 9.86 Å². The SMILES string of the molecule is CC1(C)c2ccccc2-n2c3cc4c5cc(-c6cc(-c7ccccc7)cc(-c7ccccc7)c6)cc6c5n(c4cc3c3cc(-c4cc(-c5ccccc5)cc(-c5ccccc5)c4)cc1c32)-c1ccccc1C6(C)C. The lowest BCUT2D eigenvalue weighted by molar-refractivity contribution is 0.630. The Hall–Kier alpha value is -8.98. The Morgan fingerprint density at radius 2 is 0.500 bits per heavy atom. The average Bonchev–Trinajstić information content (AvgIpc) is 4.02. The Kier molecular flexibility index (Phi) is 9.09. The fourth-order valence-electron chi connectivity index (χ4n) is 13.0. The summed E-state index contributed by atoms with van der Waals surface area (Å²) in [5.74, 6) is 0. The van der Waals surface area contributed by atoms with E-state index in [0.29, 0.717) is 0 Å². The largest absolute Gasteiger partial charge is 0.309 e. The lowest BCUT2D eigenvalue weighted by atomic mass is 9.74. The fraction of sp³-hybridized carbons (Fsp3) is 0.0833. The lowest BCUT2D eigenvalue weighted by Gasteiger charge is -2.35. The van der Waals surface area contributed by atoms with Crippen LogP contribution in [0.4, 0.5) is 0 Å². The molecule has 0 unspecified atom stereocenters. The average molecular weight is 945 g/mol. The summed E-state index contributed by atoms with van der Waals surface area (Å²) in [6.07, 6.45) is 0. The highest BCUT2D eigenvalue weighted by Gasteiger charge is 2.38. The molecule has 0 atom stereocenters. The first-order valence-electron chi connectivity index (χ1n) is 26.1. The molecule has 2 heteroatoms. The van der Waals surface area contributed by atoms with Crippen molar-refractivity contribution in [2.45, 2.75) is 38.5 Å². The van der Waals surface area contributed by atoms with Crippen molar-refractivity contribution in [1.29, 1.82) is 0 Å². The standard InChI is InChI=1S/C72H52N2/c1-71(2)61-29-17-19-31-65(61)73-67-44-58-60-40-56(54-37-51(47-25-13-7-14-26-47)34-52(38-54)48-27-15-8-16-28-48)42-64-70(60)74(66-32-20-18-30-62(66)72(64,3)4)68(58)43-57(67)59-39-55(41-63(71)69(59)73)53-35-49(45-21-9-5-10-22-45)33-50(36-53)46-23-11-6-12-24-46/h5-44H,1-4H3. The van der Waals surface area contributed by atoms with Gasteiger partial charge in [0.25, 0.3) is 0 Å². The van der Waals surface area contributed by atoms with Gasteiger partial charge in [-0.15, -0.1) is 0 Å². The Bertz CT molecular complexity index is 4030. The van der Waals surface area contributed by atoms with E-state index in [4.69, 9.17) is 0 Å². The highest BCUT2D eigenvalue weighted by Crippen LogP contribution is 2.53. The molecular weight excluding hydrogens is 893 g/mol. The molecule has 4 heterocycles. The van der Waals surface area contributed by atoms with Crippen molar-refractivity contribution in [2.24, 2.45) is 0 Å². The van der Waals surface area contributed by atoms with Gasteiger partial charge in [-0.25, -0.2) is 0 Å². The number of rotatable bonds is 6. The monoisotopic (exact) mass is 944 g/mol. The molecule has 0 saturated carbocycles. The molecule has 2 aliphatic heterocycles. The highest BCUT2D eigenvalue weighted by atomic mass is 15.0. The molecule has 2 aliphatic rings. The summed E-state index contributed by atoms with van der Waals surface area (Å²) in [5, 5.41) is 5.07. The number of para-hydroxylation sites is 2. The van der Waals surface area contributed by atoms with Crippen molar-refractivity contribution in [3.05, 3.63) is 265 Å². The first-order chi connectivity index (χ1) is 36.2. The molecule has 0 amide bonds. The van der Waals surface area contributed by atoms with Crippen LogP contribution < -0.4 is 0 Å². The Labute approximate surface area is 432 Å². The van der Waals surface area contributed by atoms with Crippen molar-refractivity contribution in [1.82, 2.24) is 9.13 Å². The van der Waals surface area contributed by atoms with Crippen molar-refractivity contribution in [2.75, 3.05) is 0 Å². The van der Waals surface area contributed by atoms with Crippen molar-refractivity contribution in [3.63, 3.8) is 0 Å². The predicted molar refractivity (Wildman–Crippen MR) is 312 cm³/mol. The van der Waals surface area contributed by atoms with E-state index in [0.717, 1.165) is 0 Å². The molecule has 2 nitrogen and oxygen atoms in total. The fourth-order valence-corrected chi connectivity index (χ4v) is 13.0. The maximum atomic E-state index is 2.60. The third-order valence-electron chi connectivity index (χ3n) is 16.8. The number of nitrogens with zero attached hydrogens (tertiary/aromatic N) is 2. The first-order valence-corrected chi connectivity index (χ1v) is 26.1. The summed E-state index contributed by atoms with van der Waals surface area (Å²) >= 11 is 0. The molecule has 0 bridgehead atoms. The van der Waals surface area contributed by atoms with E-state index in [9.17, 15) is 0 Å². The smallest absolute Gasteiger partial charge is 0.0582 e. The minimum Gasteiger partial charge on any atom is -0.309 e. The number of aromatic nitrogens is 2. The third kappa shape index (κ3) is 6.24. The second-order valence-corrected chi connectivity index (χ2v) is 21.7. The van der Waals surface area contributed by atoms with Crippen LogP contribution in [0.25, 0.3) is 122 Å². The molecule has 0 spiro atoms. The van der Waals surface area contributed by atoms with E-state index in [-0.39, 0.29) is 10.8 Å². The van der Waals surface area contributed by atoms with Gasteiger partial charge in [0.05, 0.1) is 33.4 Å². The van der Waals surface area contributed by atoms with Crippen LogP contribution in [-0.2, 0) is 10.8 Å². The minimum atomic E-state index is -0.266. The van der Waals surface area contributed by atoms with Gasteiger partial charge >= 0.3 is 0 Å². The van der Waals surface area contributed by atoms with Crippen LogP contribution in [0.3, 0.4) is 0 Å². The zero-order chi connectivity index (χ0) is 49.5. The molecule has 0 aliphatic carbocycles. The quantitative estimate of drug-likeness (QED) is 0.157. The second kappa shape index (κ2) is 15.8. The van der Waals surface area contributed by atoms with Gasteiger partial charge in [0.15, 0.2) is 0 Å². The number of benzene rings is 11. The van der Waals surface area contributed by atoms with Gasteiger partial charge in [-0.2, -0.15) is 0 Å². The molecule has 0 radical (unpaired) electrons. The second-order valence-electron chi connectivity index (χ2n) is 21.7. The van der Waals surface area contributed by atoms with E-state index in [2.05, 4.69) is 279 Å². The van der Waals surface area contributed by atoms with Gasteiger partial charge < -0.3 is 9.13 Å². The highest BCUT2D eigenvalue weighted by molar-refractivity contribution is 6.22. The van der Waals surface area contributed by atoms with Crippen LogP contribution in [0.5, 0.6) is 0 Å². The van der Waals surface area contributed by atoms with Crippen LogP contribution in [0.15, 0.2) is 243 Å². The molecule has 0 N–H and O–H groups in total. The van der Waals surface area contributed by atoms with Crippen LogP contribution in [-0.4, -0.2) is 9.13 Å². The molecule has 13 aromatic rings. The van der Waals surface area contributed by atoms with E-state index in [1.807, 2.05) is 0 Å². The third-order valence-corrected chi connectivity index (χ3v) is 16.8. The van der Waals surface area contributed by atoms with Gasteiger partial charge in [-0.05, 0) is 174 Å². The lowest BCUT2D eigenvalue weighted by Crippen LogP contribution is -2.26. The maximum Gasteiger partial charge on any atom is 0.0582 e. The Balaban J connectivity index is 1.05. The van der Waals surface area contributed by atoms with Crippen LogP contribution in [0.1, 0.15) is 49.9 Å². The predicted octanol–water partition coefficient (Wildman–Crippen LogP) is 19.2. The van der Waals surface area contributed by atoms with Crippen molar-refractivity contribution in [3.8, 4) is 78.1 Å². The normalized spacial score (nSPS) is 13.9. The Morgan fingerprint density at radius 1 is 0.230 bits per heavy atom. The van der Waals surface area contributed by atoms with E-state index < -0.39 is 0 Å². The van der Waals surface area contributed by atoms with E-state index >= 15 is 0 Å². The molecule has 0 saturated heterocycles. The van der Waals surface area contributed by atoms with Gasteiger partial charge in [0.2, 0.25) is 0 Å². The molecule has 2 aromatic heterocycles. The van der Waals surface area contributed by atoms with Gasteiger partial charge in [0.1, 0.15) is 0 Å². The first kappa shape index (κ1) is 42.7. The zero-order valence-corrected chi connectivity index (χ0v) is 42.0. The number of fused-ring (bicyclic) bond motifs is 10. The van der Waals surface area contributed by atoms with E-state index in [1.54, 1.807) is 0 Å². The summed E-state index contributed by atoms with van der Waals surface area (Å²) in [7, 11) is 0. The molecule has 350 valence electrons. The van der Waals surface area contributed by atoms with Crippen LogP contribution in [0, 0.1) is 0 Å². The van der Waals surface area contributed by atoms with Crippen molar-refractivity contribution < 1.29 is 0 Å². The molecular formula is C72H52N2. The van der Waals surface area contributed by atoms with Crippen LogP contribution >= 0.6 is 0 Å². The molecule has 15 rings (SSSR count). The van der Waals surface area contributed by atoms with Gasteiger partial charge in [0, 0.05) is 32.4 Å². The van der Waals surface area contributed by atoms with Crippen LogP contribution in [0.2, 0.25) is 0 Å². The molecule has 0 fully saturated rings. The number of hydrogen-bond donors (Lipinski definition) is 0. The minimum absolute atomic E-state index is 0.266. The summed E-state index contributed by atoms with van der Waals surface area (Å²) in [6.45, 7) is 9.68. The van der Waals surface area contributed by atoms with Gasteiger partial charge in [-0.3, -0.25) is 0 Å². The summed E-state index contributed by atoms with van der Waals surface area (Å²) in [6, 6.07) is 91.0.